The molecule has 1 N–H and O–H groups in total. The predicted molar refractivity (Wildman–Crippen MR) is 109 cm³/mol. The Morgan fingerprint density at radius 3 is 2.59 bits per heavy atom. The Kier molecular flexibility index (Phi) is 6.35. The monoisotopic (exact) mass is 404 g/mol. The van der Waals surface area contributed by atoms with Crippen molar-refractivity contribution in [2.75, 3.05) is 0 Å². The highest BCUT2D eigenvalue weighted by Crippen LogP contribution is 2.61. The van der Waals surface area contributed by atoms with E-state index < -0.39 is 5.97 Å². The lowest BCUT2D eigenvalue weighted by Crippen LogP contribution is -2.50. The number of hydrogen-bond acceptors (Lipinski definition) is 4. The molecular weight excluding hydrogens is 368 g/mol. The van der Waals surface area contributed by atoms with Crippen molar-refractivity contribution < 1.29 is 24.3 Å². The molecule has 0 heterocycles. The number of fused-ring (bicyclic) bond motifs is 1. The third-order valence-electron chi connectivity index (χ3n) is 9.21. The maximum Gasteiger partial charge on any atom is 0.303 e. The summed E-state index contributed by atoms with van der Waals surface area (Å²) in [6.45, 7) is 6.44. The van der Waals surface area contributed by atoms with Crippen LogP contribution in [0.5, 0.6) is 0 Å². The second-order valence-electron chi connectivity index (χ2n) is 10.5. The van der Waals surface area contributed by atoms with Crippen LogP contribution in [0.25, 0.3) is 0 Å². The van der Waals surface area contributed by atoms with Crippen LogP contribution in [0.3, 0.4) is 0 Å². The minimum absolute atomic E-state index is 0.0510. The van der Waals surface area contributed by atoms with Gasteiger partial charge in [-0.3, -0.25) is 14.4 Å². The number of carbonyl (C=O) groups is 4. The SMILES string of the molecule is C[C@H](CCC(=O)O)[C@H]1CC[C@H]2C[C@@H]([C@@]3(C)CCC(=O)C[C@H]3CC=O)CC(=O)[C@@]21C. The number of aldehydes is 1. The first-order valence-electron chi connectivity index (χ1n) is 11.3. The van der Waals surface area contributed by atoms with Crippen LogP contribution in [0.15, 0.2) is 0 Å². The molecular formula is C24H36O5. The van der Waals surface area contributed by atoms with Gasteiger partial charge in [-0.15, -0.1) is 0 Å². The number of carboxylic acid groups (broad SMARTS) is 1. The van der Waals surface area contributed by atoms with Crippen molar-refractivity contribution >= 4 is 23.8 Å². The van der Waals surface area contributed by atoms with E-state index in [9.17, 15) is 19.2 Å². The lowest BCUT2D eigenvalue weighted by Gasteiger charge is -2.52. The summed E-state index contributed by atoms with van der Waals surface area (Å²) in [6.07, 6.45) is 7.49. The summed E-state index contributed by atoms with van der Waals surface area (Å²) in [4.78, 5) is 47.8. The molecule has 3 rings (SSSR count). The van der Waals surface area contributed by atoms with Crippen molar-refractivity contribution in [1.29, 1.82) is 0 Å². The van der Waals surface area contributed by atoms with Gasteiger partial charge in [0.25, 0.3) is 0 Å². The van der Waals surface area contributed by atoms with Gasteiger partial charge in [0.15, 0.2) is 0 Å². The Bertz CT molecular complexity index is 685. The maximum absolute atomic E-state index is 13.5. The fourth-order valence-electron chi connectivity index (χ4n) is 7.11. The zero-order valence-corrected chi connectivity index (χ0v) is 18.1. The smallest absolute Gasteiger partial charge is 0.303 e. The van der Waals surface area contributed by atoms with Gasteiger partial charge in [-0.2, -0.15) is 0 Å². The van der Waals surface area contributed by atoms with Crippen molar-refractivity contribution in [2.45, 2.75) is 85.0 Å². The number of rotatable bonds is 7. The maximum atomic E-state index is 13.5. The van der Waals surface area contributed by atoms with Gasteiger partial charge in [0, 0.05) is 37.5 Å². The molecule has 0 spiro atoms. The molecule has 3 aliphatic carbocycles. The number of carboxylic acids is 1. The highest BCUT2D eigenvalue weighted by atomic mass is 16.4. The zero-order chi connectivity index (χ0) is 21.4. The molecule has 29 heavy (non-hydrogen) atoms. The summed E-state index contributed by atoms with van der Waals surface area (Å²) >= 11 is 0. The first-order valence-corrected chi connectivity index (χ1v) is 11.3. The fraction of sp³-hybridized carbons (Fsp3) is 0.833. The van der Waals surface area contributed by atoms with Crippen molar-refractivity contribution in [3.05, 3.63) is 0 Å². The lowest BCUT2D eigenvalue weighted by atomic mass is 9.51. The van der Waals surface area contributed by atoms with E-state index in [4.69, 9.17) is 5.11 Å². The predicted octanol–water partition coefficient (Wildman–Crippen LogP) is 4.46. The van der Waals surface area contributed by atoms with Crippen molar-refractivity contribution in [2.24, 2.45) is 40.4 Å². The van der Waals surface area contributed by atoms with Crippen molar-refractivity contribution in [1.82, 2.24) is 0 Å². The second kappa shape index (κ2) is 8.31. The quantitative estimate of drug-likeness (QED) is 0.633. The topological polar surface area (TPSA) is 88.5 Å². The molecule has 0 saturated heterocycles. The molecule has 0 aromatic heterocycles. The van der Waals surface area contributed by atoms with Crippen molar-refractivity contribution in [3.63, 3.8) is 0 Å². The molecule has 0 bridgehead atoms. The van der Waals surface area contributed by atoms with Crippen LogP contribution in [0.4, 0.5) is 0 Å². The number of carbonyl (C=O) groups excluding carboxylic acids is 3. The average molecular weight is 405 g/mol. The van der Waals surface area contributed by atoms with Crippen LogP contribution in [0.1, 0.15) is 85.0 Å². The van der Waals surface area contributed by atoms with Gasteiger partial charge in [-0.1, -0.05) is 20.8 Å². The summed E-state index contributed by atoms with van der Waals surface area (Å²) < 4.78 is 0. The first-order chi connectivity index (χ1) is 13.6. The van der Waals surface area contributed by atoms with Crippen LogP contribution in [-0.4, -0.2) is 28.9 Å². The van der Waals surface area contributed by atoms with Gasteiger partial charge < -0.3 is 9.90 Å². The van der Waals surface area contributed by atoms with Gasteiger partial charge in [-0.25, -0.2) is 0 Å². The molecule has 0 radical (unpaired) electrons. The number of ketones is 2. The van der Waals surface area contributed by atoms with Crippen LogP contribution in [0.2, 0.25) is 0 Å². The van der Waals surface area contributed by atoms with E-state index in [1.807, 2.05) is 0 Å². The van der Waals surface area contributed by atoms with Gasteiger partial charge in [-0.05, 0) is 67.1 Å². The molecule has 3 saturated carbocycles. The summed E-state index contributed by atoms with van der Waals surface area (Å²) in [5, 5.41) is 9.03. The van der Waals surface area contributed by atoms with Gasteiger partial charge in [0.1, 0.15) is 17.9 Å². The van der Waals surface area contributed by atoms with E-state index in [0.29, 0.717) is 43.8 Å². The summed E-state index contributed by atoms with van der Waals surface area (Å²) in [5.41, 5.74) is -0.478. The largest absolute Gasteiger partial charge is 0.481 e. The minimum atomic E-state index is -0.771. The number of hydrogen-bond donors (Lipinski definition) is 1. The minimum Gasteiger partial charge on any atom is -0.481 e. The molecule has 7 atom stereocenters. The molecule has 3 aliphatic rings. The zero-order valence-electron chi connectivity index (χ0n) is 18.1. The molecule has 0 amide bonds. The number of Topliss-reactive ketones (excluding diaryl/α,β-unsaturated/α-hetero) is 2. The first kappa shape index (κ1) is 22.2. The summed E-state index contributed by atoms with van der Waals surface area (Å²) in [5.74, 6) is 0.902. The standard InChI is InChI=1S/C24H36O5/c1-15(4-7-22(28)29)20-6-5-17-12-18(14-21(27)24(17,20)3)23(2)10-8-19(26)13-16(23)9-11-25/h11,15-18,20H,4-10,12-14H2,1-3H3,(H,28,29)/t15-,16-,17+,18-,20-,23+,24+/m1/s1. The molecule has 5 heteroatoms. The molecule has 0 aromatic carbocycles. The second-order valence-corrected chi connectivity index (χ2v) is 10.5. The van der Waals surface area contributed by atoms with E-state index in [0.717, 1.165) is 32.0 Å². The van der Waals surface area contributed by atoms with Gasteiger partial charge >= 0.3 is 5.97 Å². The summed E-state index contributed by atoms with van der Waals surface area (Å²) in [7, 11) is 0. The fourth-order valence-corrected chi connectivity index (χ4v) is 7.11. The Morgan fingerprint density at radius 1 is 1.21 bits per heavy atom. The molecule has 0 aromatic rings. The highest BCUT2D eigenvalue weighted by Gasteiger charge is 2.58. The Morgan fingerprint density at radius 2 is 1.93 bits per heavy atom. The van der Waals surface area contributed by atoms with Crippen LogP contribution >= 0.6 is 0 Å². The van der Waals surface area contributed by atoms with E-state index in [-0.39, 0.29) is 46.7 Å². The van der Waals surface area contributed by atoms with Gasteiger partial charge in [0.05, 0.1) is 0 Å². The van der Waals surface area contributed by atoms with E-state index in [1.165, 1.54) is 0 Å². The molecule has 0 aliphatic heterocycles. The van der Waals surface area contributed by atoms with E-state index in [1.54, 1.807) is 0 Å². The van der Waals surface area contributed by atoms with E-state index in [2.05, 4.69) is 20.8 Å². The average Bonchev–Trinajstić information content (AvgIpc) is 3.01. The van der Waals surface area contributed by atoms with E-state index >= 15 is 0 Å². The Labute approximate surface area is 174 Å². The summed E-state index contributed by atoms with van der Waals surface area (Å²) in [6, 6.07) is 0. The van der Waals surface area contributed by atoms with Crippen LogP contribution in [-0.2, 0) is 19.2 Å². The molecule has 3 fully saturated rings. The highest BCUT2D eigenvalue weighted by molar-refractivity contribution is 5.87. The molecule has 5 nitrogen and oxygen atoms in total. The Hall–Kier alpha value is -1.52. The van der Waals surface area contributed by atoms with Crippen LogP contribution in [0, 0.1) is 40.4 Å². The van der Waals surface area contributed by atoms with Gasteiger partial charge in [0.2, 0.25) is 0 Å². The third kappa shape index (κ3) is 3.94. The number of aliphatic carboxylic acids is 1. The third-order valence-corrected chi connectivity index (χ3v) is 9.21. The molecule has 0 unspecified atom stereocenters. The molecule has 162 valence electrons. The van der Waals surface area contributed by atoms with Crippen LogP contribution < -0.4 is 0 Å². The van der Waals surface area contributed by atoms with Crippen molar-refractivity contribution in [3.8, 4) is 0 Å². The Balaban J connectivity index is 1.78. The lowest BCUT2D eigenvalue weighted by molar-refractivity contribution is -0.145. The normalized spacial score (nSPS) is 41.1.